The van der Waals surface area contributed by atoms with Gasteiger partial charge in [-0.2, -0.15) is 0 Å². The van der Waals surface area contributed by atoms with Crippen LogP contribution in [0.2, 0.25) is 0 Å². The zero-order valence-corrected chi connectivity index (χ0v) is 41.6. The Morgan fingerprint density at radius 2 is 0.635 bits per heavy atom. The van der Waals surface area contributed by atoms with E-state index in [1.165, 1.54) is 154 Å². The smallest absolute Gasteiger partial charge is 0.306 e. The number of carbonyl (C=O) groups excluding carboxylic acids is 3. The van der Waals surface area contributed by atoms with Crippen molar-refractivity contribution in [1.82, 2.24) is 0 Å². The van der Waals surface area contributed by atoms with Crippen molar-refractivity contribution in [2.24, 2.45) is 0 Å². The van der Waals surface area contributed by atoms with E-state index in [-0.39, 0.29) is 31.1 Å². The predicted molar refractivity (Wildman–Crippen MR) is 270 cm³/mol. The van der Waals surface area contributed by atoms with Crippen molar-refractivity contribution in [3.8, 4) is 0 Å². The van der Waals surface area contributed by atoms with E-state index in [2.05, 4.69) is 51.2 Å². The average molecular weight is 881 g/mol. The number of carbonyl (C=O) groups is 3. The van der Waals surface area contributed by atoms with Crippen LogP contribution in [0, 0.1) is 0 Å². The Kier molecular flexibility index (Phi) is 49.4. The van der Waals surface area contributed by atoms with Crippen LogP contribution < -0.4 is 0 Å². The zero-order chi connectivity index (χ0) is 45.8. The highest BCUT2D eigenvalue weighted by atomic mass is 16.6. The second-order valence-electron chi connectivity index (χ2n) is 17.9. The topological polar surface area (TPSA) is 78.9 Å². The third-order valence-electron chi connectivity index (χ3n) is 11.6. The van der Waals surface area contributed by atoms with Gasteiger partial charge in [0.05, 0.1) is 0 Å². The van der Waals surface area contributed by atoms with Crippen LogP contribution in [-0.2, 0) is 28.6 Å². The van der Waals surface area contributed by atoms with E-state index in [4.69, 9.17) is 14.2 Å². The second-order valence-corrected chi connectivity index (χ2v) is 17.9. The van der Waals surface area contributed by atoms with E-state index in [0.29, 0.717) is 19.3 Å². The normalized spacial score (nSPS) is 12.5. The minimum absolute atomic E-state index is 0.0872. The van der Waals surface area contributed by atoms with E-state index in [9.17, 15) is 14.4 Å². The second kappa shape index (κ2) is 51.7. The largest absolute Gasteiger partial charge is 0.462 e. The predicted octanol–water partition coefficient (Wildman–Crippen LogP) is 17.6. The third-order valence-corrected chi connectivity index (χ3v) is 11.6. The highest BCUT2D eigenvalue weighted by molar-refractivity contribution is 5.71. The highest BCUT2D eigenvalue weighted by Gasteiger charge is 2.19. The fraction of sp³-hybridized carbons (Fsp3) is 0.772. The number of ether oxygens (including phenoxy) is 3. The zero-order valence-electron chi connectivity index (χ0n) is 41.6. The van der Waals surface area contributed by atoms with Gasteiger partial charge < -0.3 is 14.2 Å². The van der Waals surface area contributed by atoms with Gasteiger partial charge in [-0.1, -0.05) is 242 Å². The molecular formula is C57H100O6. The maximum atomic E-state index is 12.8. The summed E-state index contributed by atoms with van der Waals surface area (Å²) < 4.78 is 16.8. The Labute approximate surface area is 390 Å². The minimum Gasteiger partial charge on any atom is -0.462 e. The molecular weight excluding hydrogens is 781 g/mol. The molecule has 1 atom stereocenters. The number of hydrogen-bond donors (Lipinski definition) is 0. The summed E-state index contributed by atoms with van der Waals surface area (Å²) in [5.41, 5.74) is 0. The molecule has 0 saturated heterocycles. The molecule has 6 nitrogen and oxygen atoms in total. The Morgan fingerprint density at radius 1 is 0.333 bits per heavy atom. The van der Waals surface area contributed by atoms with E-state index in [1.54, 1.807) is 0 Å². The molecule has 0 aliphatic rings. The van der Waals surface area contributed by atoms with Crippen LogP contribution in [0.3, 0.4) is 0 Å². The third kappa shape index (κ3) is 50.0. The lowest BCUT2D eigenvalue weighted by Crippen LogP contribution is -2.30. The minimum atomic E-state index is -0.789. The van der Waals surface area contributed by atoms with Gasteiger partial charge >= 0.3 is 17.9 Å². The standard InChI is InChI=1S/C57H100O6/c1-4-7-10-13-16-19-22-25-27-28-30-32-35-38-41-44-47-50-56(59)62-53-54(52-61-55(58)49-46-43-40-37-34-31-24-21-18-15-12-9-6-3)63-57(60)51-48-45-42-39-36-33-29-26-23-20-17-14-11-8-5-2/h9,12,15,18,21,24-25,27,31,34,54H,4-8,10-11,13-14,16-17,19-20,22-23,26,28-30,32-33,35-53H2,1-3H3/b12-9-,18-15-,24-21-,27-25-,34-31-. The van der Waals surface area contributed by atoms with Crippen LogP contribution in [0.4, 0.5) is 0 Å². The Morgan fingerprint density at radius 3 is 1.03 bits per heavy atom. The Balaban J connectivity index is 4.40. The van der Waals surface area contributed by atoms with Gasteiger partial charge in [0.1, 0.15) is 13.2 Å². The van der Waals surface area contributed by atoms with Crippen LogP contribution in [0.1, 0.15) is 265 Å². The lowest BCUT2D eigenvalue weighted by atomic mass is 10.0. The first-order valence-corrected chi connectivity index (χ1v) is 26.8. The molecule has 0 radical (unpaired) electrons. The van der Waals surface area contributed by atoms with Crippen LogP contribution in [0.25, 0.3) is 0 Å². The monoisotopic (exact) mass is 881 g/mol. The summed E-state index contributed by atoms with van der Waals surface area (Å²) in [5, 5.41) is 0. The molecule has 0 saturated carbocycles. The molecule has 1 unspecified atom stereocenters. The summed E-state index contributed by atoms with van der Waals surface area (Å²) in [5.74, 6) is -0.923. The Bertz CT molecular complexity index is 1150. The summed E-state index contributed by atoms with van der Waals surface area (Å²) in [7, 11) is 0. The van der Waals surface area contributed by atoms with Crippen molar-refractivity contribution < 1.29 is 28.6 Å². The van der Waals surface area contributed by atoms with Crippen LogP contribution in [0.15, 0.2) is 60.8 Å². The first-order valence-electron chi connectivity index (χ1n) is 26.8. The molecule has 364 valence electrons. The summed E-state index contributed by atoms with van der Waals surface area (Å²) in [6.07, 6.45) is 63.5. The van der Waals surface area contributed by atoms with E-state index >= 15 is 0 Å². The lowest BCUT2D eigenvalue weighted by Gasteiger charge is -2.18. The molecule has 0 rings (SSSR count). The van der Waals surface area contributed by atoms with Crippen molar-refractivity contribution in [3.05, 3.63) is 60.8 Å². The molecule has 0 spiro atoms. The first kappa shape index (κ1) is 60.1. The summed E-state index contributed by atoms with van der Waals surface area (Å²) in [6.45, 7) is 6.47. The molecule has 0 fully saturated rings. The maximum absolute atomic E-state index is 12.8. The van der Waals surface area contributed by atoms with Gasteiger partial charge in [0.2, 0.25) is 0 Å². The number of rotatable bonds is 48. The van der Waals surface area contributed by atoms with Gasteiger partial charge in [-0.05, 0) is 64.2 Å². The van der Waals surface area contributed by atoms with E-state index in [1.807, 2.05) is 30.4 Å². The molecule has 0 amide bonds. The SMILES string of the molecule is CC\C=C/C=C\C=C/C=C\CCCCCC(=O)OCC(COC(=O)CCCCCCCCC/C=C\CCCCCCCC)OC(=O)CCCCCCCCCCCCCCCCC. The first-order chi connectivity index (χ1) is 31.0. The van der Waals surface area contributed by atoms with Gasteiger partial charge in [0.15, 0.2) is 6.10 Å². The van der Waals surface area contributed by atoms with Gasteiger partial charge in [-0.25, -0.2) is 0 Å². The van der Waals surface area contributed by atoms with E-state index < -0.39 is 6.10 Å². The van der Waals surface area contributed by atoms with Gasteiger partial charge in [-0.3, -0.25) is 14.4 Å². The fourth-order valence-corrected chi connectivity index (χ4v) is 7.57. The Hall–Kier alpha value is -2.89. The summed E-state index contributed by atoms with van der Waals surface area (Å²) in [6, 6.07) is 0. The van der Waals surface area contributed by atoms with Crippen molar-refractivity contribution in [3.63, 3.8) is 0 Å². The summed E-state index contributed by atoms with van der Waals surface area (Å²) in [4.78, 5) is 38.0. The molecule has 63 heavy (non-hydrogen) atoms. The quantitative estimate of drug-likeness (QED) is 0.0199. The number of hydrogen-bond acceptors (Lipinski definition) is 6. The molecule has 0 aromatic rings. The average Bonchev–Trinajstić information content (AvgIpc) is 3.28. The molecule has 0 aromatic carbocycles. The summed E-state index contributed by atoms with van der Waals surface area (Å²) >= 11 is 0. The molecule has 0 aliphatic carbocycles. The molecule has 0 aliphatic heterocycles. The fourth-order valence-electron chi connectivity index (χ4n) is 7.57. The van der Waals surface area contributed by atoms with Crippen molar-refractivity contribution in [1.29, 1.82) is 0 Å². The van der Waals surface area contributed by atoms with Gasteiger partial charge in [0, 0.05) is 19.3 Å². The molecule has 6 heteroatoms. The molecule has 0 heterocycles. The van der Waals surface area contributed by atoms with Crippen LogP contribution in [0.5, 0.6) is 0 Å². The maximum Gasteiger partial charge on any atom is 0.306 e. The van der Waals surface area contributed by atoms with Crippen LogP contribution in [-0.4, -0.2) is 37.2 Å². The molecule has 0 N–H and O–H groups in total. The van der Waals surface area contributed by atoms with Crippen molar-refractivity contribution in [2.75, 3.05) is 13.2 Å². The molecule has 0 bridgehead atoms. The lowest BCUT2D eigenvalue weighted by molar-refractivity contribution is -0.167. The van der Waals surface area contributed by atoms with Crippen LogP contribution >= 0.6 is 0 Å². The number of esters is 3. The van der Waals surface area contributed by atoms with Gasteiger partial charge in [-0.15, -0.1) is 0 Å². The van der Waals surface area contributed by atoms with E-state index in [0.717, 1.165) is 70.6 Å². The highest BCUT2D eigenvalue weighted by Crippen LogP contribution is 2.16. The van der Waals surface area contributed by atoms with Crippen molar-refractivity contribution >= 4 is 17.9 Å². The number of allylic oxidation sites excluding steroid dienone is 10. The molecule has 0 aromatic heterocycles. The van der Waals surface area contributed by atoms with Gasteiger partial charge in [0.25, 0.3) is 0 Å². The number of unbranched alkanes of at least 4 members (excludes halogenated alkanes) is 30. The van der Waals surface area contributed by atoms with Crippen molar-refractivity contribution in [2.45, 2.75) is 271 Å².